The lowest BCUT2D eigenvalue weighted by molar-refractivity contribution is -0.134. The van der Waals surface area contributed by atoms with Gasteiger partial charge in [-0.05, 0) is 28.7 Å². The third kappa shape index (κ3) is 3.05. The molecule has 2 aliphatic heterocycles. The van der Waals surface area contributed by atoms with E-state index in [2.05, 4.69) is 29.6 Å². The molecule has 4 rings (SSSR count). The number of carbonyl (C=O) groups excluding carboxylic acids is 1. The van der Waals surface area contributed by atoms with E-state index < -0.39 is 6.10 Å². The highest BCUT2D eigenvalue weighted by Crippen LogP contribution is 2.32. The number of aliphatic hydroxyl groups excluding tert-OH is 1. The number of amides is 1. The fourth-order valence-corrected chi connectivity index (χ4v) is 3.59. The molecule has 1 saturated heterocycles. The van der Waals surface area contributed by atoms with Crippen LogP contribution in [-0.2, 0) is 17.9 Å². The van der Waals surface area contributed by atoms with Crippen LogP contribution in [0.15, 0.2) is 48.5 Å². The van der Waals surface area contributed by atoms with Crippen LogP contribution < -0.4 is 5.32 Å². The van der Waals surface area contributed by atoms with E-state index in [1.807, 2.05) is 29.2 Å². The fraction of sp³-hybridized carbons (Fsp3) is 0.316. The van der Waals surface area contributed by atoms with E-state index in [9.17, 15) is 9.90 Å². The predicted molar refractivity (Wildman–Crippen MR) is 95.8 cm³/mol. The first kappa shape index (κ1) is 17.0. The third-order valence-electron chi connectivity index (χ3n) is 4.76. The van der Waals surface area contributed by atoms with Crippen LogP contribution in [0.3, 0.4) is 0 Å². The van der Waals surface area contributed by atoms with E-state index in [1.165, 1.54) is 22.3 Å². The molecule has 2 unspecified atom stereocenters. The number of rotatable bonds is 1. The van der Waals surface area contributed by atoms with Gasteiger partial charge in [-0.2, -0.15) is 0 Å². The van der Waals surface area contributed by atoms with Crippen molar-refractivity contribution in [1.82, 2.24) is 10.2 Å². The summed E-state index contributed by atoms with van der Waals surface area (Å²) in [5, 5.41) is 12.8. The molecule has 126 valence electrons. The molecular formula is C19H21ClN2O2. The number of hydrogen-bond donors (Lipinski definition) is 2. The van der Waals surface area contributed by atoms with Crippen LogP contribution in [0.2, 0.25) is 0 Å². The zero-order chi connectivity index (χ0) is 15.8. The first-order chi connectivity index (χ1) is 11.2. The van der Waals surface area contributed by atoms with Crippen molar-refractivity contribution in [3.05, 3.63) is 59.7 Å². The van der Waals surface area contributed by atoms with Crippen LogP contribution in [0.25, 0.3) is 11.1 Å². The standard InChI is InChI=1S/C19H20N2O2.ClH/c22-15-9-18(20-10-15)19(23)21-11-13-5-1-3-7-16(13)17-8-4-2-6-14(17)12-21;/h1-8,15,18,20,22H,9-12H2;1H. The van der Waals surface area contributed by atoms with Gasteiger partial charge in [0.1, 0.15) is 0 Å². The topological polar surface area (TPSA) is 52.6 Å². The molecule has 4 nitrogen and oxygen atoms in total. The molecule has 2 aromatic rings. The second kappa shape index (κ2) is 6.93. The summed E-state index contributed by atoms with van der Waals surface area (Å²) >= 11 is 0. The minimum atomic E-state index is -0.421. The molecule has 0 bridgehead atoms. The molecule has 24 heavy (non-hydrogen) atoms. The normalized spacial score (nSPS) is 22.1. The summed E-state index contributed by atoms with van der Waals surface area (Å²) in [5.41, 5.74) is 4.75. The van der Waals surface area contributed by atoms with Crippen LogP contribution in [-0.4, -0.2) is 34.6 Å². The molecule has 2 atom stereocenters. The smallest absolute Gasteiger partial charge is 0.240 e. The van der Waals surface area contributed by atoms with Gasteiger partial charge in [-0.1, -0.05) is 48.5 Å². The number of hydrogen-bond acceptors (Lipinski definition) is 3. The SMILES string of the molecule is Cl.O=C(C1CC(O)CN1)N1Cc2ccccc2-c2ccccc2C1. The summed E-state index contributed by atoms with van der Waals surface area (Å²) in [7, 11) is 0. The van der Waals surface area contributed by atoms with Crippen molar-refractivity contribution in [3.8, 4) is 11.1 Å². The fourth-order valence-electron chi connectivity index (χ4n) is 3.59. The Labute approximate surface area is 147 Å². The van der Waals surface area contributed by atoms with Gasteiger partial charge in [0, 0.05) is 19.6 Å². The van der Waals surface area contributed by atoms with Gasteiger partial charge >= 0.3 is 0 Å². The molecule has 2 aromatic carbocycles. The number of nitrogens with one attached hydrogen (secondary N) is 1. The van der Waals surface area contributed by atoms with Crippen molar-refractivity contribution in [1.29, 1.82) is 0 Å². The van der Waals surface area contributed by atoms with E-state index in [0.29, 0.717) is 26.1 Å². The summed E-state index contributed by atoms with van der Waals surface area (Å²) in [6.07, 6.45) is 0.0778. The minimum Gasteiger partial charge on any atom is -0.392 e. The molecule has 1 fully saturated rings. The molecule has 2 heterocycles. The van der Waals surface area contributed by atoms with E-state index in [1.54, 1.807) is 0 Å². The van der Waals surface area contributed by atoms with Crippen LogP contribution >= 0.6 is 12.4 Å². The lowest BCUT2D eigenvalue weighted by Crippen LogP contribution is -2.42. The van der Waals surface area contributed by atoms with Crippen LogP contribution in [0.4, 0.5) is 0 Å². The molecule has 2 aliphatic rings. The van der Waals surface area contributed by atoms with Gasteiger partial charge in [0.15, 0.2) is 0 Å². The van der Waals surface area contributed by atoms with Crippen molar-refractivity contribution in [3.63, 3.8) is 0 Å². The Morgan fingerprint density at radius 2 is 1.54 bits per heavy atom. The highest BCUT2D eigenvalue weighted by molar-refractivity contribution is 5.85. The van der Waals surface area contributed by atoms with Crippen molar-refractivity contribution < 1.29 is 9.90 Å². The number of halogens is 1. The van der Waals surface area contributed by atoms with Gasteiger partial charge in [0.05, 0.1) is 12.1 Å². The first-order valence-corrected chi connectivity index (χ1v) is 8.09. The first-order valence-electron chi connectivity index (χ1n) is 8.09. The maximum atomic E-state index is 12.9. The molecule has 5 heteroatoms. The Balaban J connectivity index is 0.00000169. The van der Waals surface area contributed by atoms with Crippen LogP contribution in [0.1, 0.15) is 17.5 Å². The van der Waals surface area contributed by atoms with Crippen LogP contribution in [0, 0.1) is 0 Å². The zero-order valence-electron chi connectivity index (χ0n) is 13.3. The minimum absolute atomic E-state index is 0. The van der Waals surface area contributed by atoms with Crippen molar-refractivity contribution in [2.45, 2.75) is 31.7 Å². The second-order valence-electron chi connectivity index (χ2n) is 6.36. The predicted octanol–water partition coefficient (Wildman–Crippen LogP) is 2.34. The van der Waals surface area contributed by atoms with E-state index in [-0.39, 0.29) is 24.4 Å². The van der Waals surface area contributed by atoms with E-state index >= 15 is 0 Å². The van der Waals surface area contributed by atoms with Crippen LogP contribution in [0.5, 0.6) is 0 Å². The molecule has 0 radical (unpaired) electrons. The summed E-state index contributed by atoms with van der Waals surface area (Å²) in [6, 6.07) is 16.3. The van der Waals surface area contributed by atoms with Gasteiger partial charge in [0.2, 0.25) is 5.91 Å². The van der Waals surface area contributed by atoms with Gasteiger partial charge in [-0.25, -0.2) is 0 Å². The average molecular weight is 345 g/mol. The monoisotopic (exact) mass is 344 g/mol. The zero-order valence-corrected chi connectivity index (χ0v) is 14.1. The molecule has 0 saturated carbocycles. The molecule has 0 aromatic heterocycles. The highest BCUT2D eigenvalue weighted by atomic mass is 35.5. The largest absolute Gasteiger partial charge is 0.392 e. The van der Waals surface area contributed by atoms with Crippen molar-refractivity contribution in [2.75, 3.05) is 6.54 Å². The Bertz CT molecular complexity index is 702. The Morgan fingerprint density at radius 1 is 1.00 bits per heavy atom. The Hall–Kier alpha value is -1.88. The van der Waals surface area contributed by atoms with Gasteiger partial charge in [-0.3, -0.25) is 4.79 Å². The Morgan fingerprint density at radius 3 is 2.04 bits per heavy atom. The molecule has 2 N–H and O–H groups in total. The van der Waals surface area contributed by atoms with E-state index in [4.69, 9.17) is 0 Å². The van der Waals surface area contributed by atoms with E-state index in [0.717, 1.165) is 0 Å². The number of nitrogens with zero attached hydrogens (tertiary/aromatic N) is 1. The summed E-state index contributed by atoms with van der Waals surface area (Å²) in [4.78, 5) is 14.8. The van der Waals surface area contributed by atoms with Crippen molar-refractivity contribution >= 4 is 18.3 Å². The third-order valence-corrected chi connectivity index (χ3v) is 4.76. The maximum Gasteiger partial charge on any atom is 0.240 e. The number of fused-ring (bicyclic) bond motifs is 3. The molecular weight excluding hydrogens is 324 g/mol. The van der Waals surface area contributed by atoms with Gasteiger partial charge in [-0.15, -0.1) is 12.4 Å². The summed E-state index contributed by atoms with van der Waals surface area (Å²) < 4.78 is 0. The Kier molecular flexibility index (Phi) is 4.90. The van der Waals surface area contributed by atoms with Gasteiger partial charge < -0.3 is 15.3 Å². The molecule has 0 spiro atoms. The van der Waals surface area contributed by atoms with Gasteiger partial charge in [0.25, 0.3) is 0 Å². The second-order valence-corrected chi connectivity index (χ2v) is 6.36. The number of β-amino-alcohol motifs (C(OH)–C–C–N with tert-alkyl or cyclic N) is 1. The number of benzene rings is 2. The summed E-state index contributed by atoms with van der Waals surface area (Å²) in [6.45, 7) is 1.72. The highest BCUT2D eigenvalue weighted by Gasteiger charge is 2.32. The molecule has 1 amide bonds. The quantitative estimate of drug-likeness (QED) is 0.835. The average Bonchev–Trinajstić information content (AvgIpc) is 2.93. The molecule has 0 aliphatic carbocycles. The maximum absolute atomic E-state index is 12.9. The lowest BCUT2D eigenvalue weighted by Gasteiger charge is -2.24. The summed E-state index contributed by atoms with van der Waals surface area (Å²) in [5.74, 6) is 0.0769. The lowest BCUT2D eigenvalue weighted by atomic mass is 9.97. The number of aliphatic hydroxyl groups is 1. The number of carbonyl (C=O) groups is 1. The van der Waals surface area contributed by atoms with Crippen molar-refractivity contribution in [2.24, 2.45) is 0 Å².